The molecule has 32 heavy (non-hydrogen) atoms. The molecule has 0 amide bonds. The van der Waals surface area contributed by atoms with Crippen LogP contribution in [-0.4, -0.2) is 64.2 Å². The van der Waals surface area contributed by atoms with E-state index in [-0.39, 0.29) is 22.4 Å². The Kier molecular flexibility index (Phi) is 7.05. The molecule has 1 unspecified atom stereocenters. The number of nitrogens with zero attached hydrogens (tertiary/aromatic N) is 1. The van der Waals surface area contributed by atoms with Crippen molar-refractivity contribution in [2.24, 2.45) is 0 Å². The van der Waals surface area contributed by atoms with Crippen molar-refractivity contribution >= 4 is 19.7 Å². The first kappa shape index (κ1) is 23.4. The Balaban J connectivity index is 1.57. The van der Waals surface area contributed by atoms with Crippen LogP contribution in [0.5, 0.6) is 0 Å². The van der Waals surface area contributed by atoms with Crippen LogP contribution in [-0.2, 0) is 19.7 Å². The molecular weight excluding hydrogens is 444 g/mol. The second-order valence-electron chi connectivity index (χ2n) is 9.01. The molecule has 2 fully saturated rings. The van der Waals surface area contributed by atoms with Crippen molar-refractivity contribution in [3.8, 4) is 0 Å². The maximum atomic E-state index is 13.3. The maximum Gasteiger partial charge on any atom is 0.183 e. The highest BCUT2D eigenvalue weighted by Crippen LogP contribution is 2.28. The van der Waals surface area contributed by atoms with Crippen molar-refractivity contribution in [3.05, 3.63) is 65.7 Å². The molecule has 2 aliphatic rings. The minimum absolute atomic E-state index is 0.0857. The van der Waals surface area contributed by atoms with Crippen LogP contribution in [0, 0.1) is 6.92 Å². The number of rotatable bonds is 7. The molecule has 174 valence electrons. The molecule has 0 radical (unpaired) electrons. The zero-order chi connectivity index (χ0) is 22.8. The van der Waals surface area contributed by atoms with E-state index in [2.05, 4.69) is 22.3 Å². The van der Waals surface area contributed by atoms with Crippen LogP contribution in [0.1, 0.15) is 36.4 Å². The van der Waals surface area contributed by atoms with Crippen molar-refractivity contribution < 1.29 is 16.8 Å². The van der Waals surface area contributed by atoms with Gasteiger partial charge in [0.15, 0.2) is 19.7 Å². The Morgan fingerprint density at radius 1 is 0.969 bits per heavy atom. The van der Waals surface area contributed by atoms with Gasteiger partial charge in [-0.2, -0.15) is 0 Å². The zero-order valence-electron chi connectivity index (χ0n) is 18.5. The summed E-state index contributed by atoms with van der Waals surface area (Å²) in [5.74, 6) is -0.481. The number of benzene rings is 2. The number of piperidine rings is 1. The second-order valence-corrected chi connectivity index (χ2v) is 13.3. The summed E-state index contributed by atoms with van der Waals surface area (Å²) >= 11 is 0. The fourth-order valence-corrected chi connectivity index (χ4v) is 9.56. The molecule has 3 atom stereocenters. The number of aryl methyl sites for hydroxylation is 1. The largest absolute Gasteiger partial charge is 0.310 e. The monoisotopic (exact) mass is 476 g/mol. The smallest absolute Gasteiger partial charge is 0.183 e. The number of sulfone groups is 2. The van der Waals surface area contributed by atoms with Gasteiger partial charge in [0.1, 0.15) is 0 Å². The number of likely N-dealkylation sites (tertiary alicyclic amines) is 1. The molecule has 0 saturated carbocycles. The van der Waals surface area contributed by atoms with Crippen LogP contribution in [0.25, 0.3) is 0 Å². The molecule has 4 rings (SSSR count). The summed E-state index contributed by atoms with van der Waals surface area (Å²) in [5.41, 5.74) is 2.13. The lowest BCUT2D eigenvalue weighted by molar-refractivity contribution is 0.158. The van der Waals surface area contributed by atoms with E-state index in [1.165, 1.54) is 12.0 Å². The predicted octanol–water partition coefficient (Wildman–Crippen LogP) is 2.75. The maximum absolute atomic E-state index is 13.3. The van der Waals surface area contributed by atoms with Crippen molar-refractivity contribution in [2.75, 3.05) is 31.1 Å². The van der Waals surface area contributed by atoms with E-state index in [4.69, 9.17) is 0 Å². The van der Waals surface area contributed by atoms with Crippen molar-refractivity contribution in [3.63, 3.8) is 0 Å². The molecule has 0 spiro atoms. The summed E-state index contributed by atoms with van der Waals surface area (Å²) in [6.45, 7) is 4.40. The molecule has 0 aromatic heterocycles. The molecule has 2 heterocycles. The average Bonchev–Trinajstić information content (AvgIpc) is 3.11. The van der Waals surface area contributed by atoms with E-state index >= 15 is 0 Å². The van der Waals surface area contributed by atoms with Gasteiger partial charge in [0.25, 0.3) is 0 Å². The molecule has 2 aromatic rings. The summed E-state index contributed by atoms with van der Waals surface area (Å²) in [6.07, 6.45) is 3.51. The van der Waals surface area contributed by atoms with Gasteiger partial charge < -0.3 is 5.32 Å². The number of hydrogen-bond donors (Lipinski definition) is 1. The van der Waals surface area contributed by atoms with E-state index < -0.39 is 31.0 Å². The van der Waals surface area contributed by atoms with Gasteiger partial charge in [0, 0.05) is 18.6 Å². The highest BCUT2D eigenvalue weighted by Gasteiger charge is 2.46. The third-order valence-electron chi connectivity index (χ3n) is 6.64. The standard InChI is InChI=1S/C24H32N2O4S2/c1-19-10-12-21(13-11-19)32(29,30)24-18-31(27,28)17-22(24)25-16-23(20-8-4-2-5-9-20)26-14-6-3-7-15-26/h2,4-5,8-13,22-25H,3,6-7,14-18H2,1H3/t22-,23?,24-/m0/s1. The first-order valence-electron chi connectivity index (χ1n) is 11.3. The van der Waals surface area contributed by atoms with Crippen LogP contribution in [0.4, 0.5) is 0 Å². The van der Waals surface area contributed by atoms with Crippen LogP contribution in [0.15, 0.2) is 59.5 Å². The molecule has 2 aliphatic heterocycles. The van der Waals surface area contributed by atoms with E-state index in [0.717, 1.165) is 31.5 Å². The molecule has 1 N–H and O–H groups in total. The van der Waals surface area contributed by atoms with Crippen molar-refractivity contribution in [1.82, 2.24) is 10.2 Å². The third kappa shape index (κ3) is 5.25. The highest BCUT2D eigenvalue weighted by molar-refractivity contribution is 7.96. The van der Waals surface area contributed by atoms with Gasteiger partial charge in [-0.15, -0.1) is 0 Å². The van der Waals surface area contributed by atoms with Gasteiger partial charge in [0.2, 0.25) is 0 Å². The minimum atomic E-state index is -3.77. The van der Waals surface area contributed by atoms with Gasteiger partial charge in [-0.3, -0.25) is 4.90 Å². The third-order valence-corrected chi connectivity index (χ3v) is 10.8. The van der Waals surface area contributed by atoms with Gasteiger partial charge >= 0.3 is 0 Å². The lowest BCUT2D eigenvalue weighted by Crippen LogP contribution is -2.47. The topological polar surface area (TPSA) is 83.5 Å². The van der Waals surface area contributed by atoms with E-state index in [1.807, 2.05) is 25.1 Å². The van der Waals surface area contributed by atoms with Gasteiger partial charge in [-0.05, 0) is 50.6 Å². The molecule has 8 heteroatoms. The normalized spacial score (nSPS) is 24.9. The predicted molar refractivity (Wildman–Crippen MR) is 127 cm³/mol. The fourth-order valence-electron chi connectivity index (χ4n) is 4.84. The van der Waals surface area contributed by atoms with Crippen LogP contribution >= 0.6 is 0 Å². The summed E-state index contributed by atoms with van der Waals surface area (Å²) in [6, 6.07) is 16.3. The lowest BCUT2D eigenvalue weighted by atomic mass is 10.0. The zero-order valence-corrected chi connectivity index (χ0v) is 20.1. The van der Waals surface area contributed by atoms with E-state index in [1.54, 1.807) is 24.3 Å². The fraction of sp³-hybridized carbons (Fsp3) is 0.500. The first-order chi connectivity index (χ1) is 15.3. The SMILES string of the molecule is Cc1ccc(S(=O)(=O)[C@H]2CS(=O)(=O)C[C@@H]2NCC(c2ccccc2)N2CCCCC2)cc1. The van der Waals surface area contributed by atoms with Crippen LogP contribution in [0.3, 0.4) is 0 Å². The Morgan fingerprint density at radius 3 is 2.28 bits per heavy atom. The Labute approximate surface area is 191 Å². The Morgan fingerprint density at radius 2 is 1.62 bits per heavy atom. The molecular formula is C24H32N2O4S2. The van der Waals surface area contributed by atoms with Gasteiger partial charge in [-0.1, -0.05) is 54.4 Å². The van der Waals surface area contributed by atoms with E-state index in [9.17, 15) is 16.8 Å². The number of nitrogens with one attached hydrogen (secondary N) is 1. The highest BCUT2D eigenvalue weighted by atomic mass is 32.2. The van der Waals surface area contributed by atoms with Crippen LogP contribution in [0.2, 0.25) is 0 Å². The number of hydrogen-bond acceptors (Lipinski definition) is 6. The molecule has 0 aliphatic carbocycles. The molecule has 0 bridgehead atoms. The van der Waals surface area contributed by atoms with Crippen LogP contribution < -0.4 is 5.32 Å². The summed E-state index contributed by atoms with van der Waals surface area (Å²) in [4.78, 5) is 2.62. The minimum Gasteiger partial charge on any atom is -0.310 e. The van der Waals surface area contributed by atoms with Crippen molar-refractivity contribution in [1.29, 1.82) is 0 Å². The average molecular weight is 477 g/mol. The summed E-state index contributed by atoms with van der Waals surface area (Å²) < 4.78 is 51.7. The molecule has 2 aromatic carbocycles. The molecule has 6 nitrogen and oxygen atoms in total. The Hall–Kier alpha value is -1.74. The van der Waals surface area contributed by atoms with Crippen molar-refractivity contribution in [2.45, 2.75) is 48.4 Å². The molecule has 2 saturated heterocycles. The van der Waals surface area contributed by atoms with E-state index in [0.29, 0.717) is 6.54 Å². The lowest BCUT2D eigenvalue weighted by Gasteiger charge is -2.36. The quantitative estimate of drug-likeness (QED) is 0.662. The van der Waals surface area contributed by atoms with Gasteiger partial charge in [0.05, 0.1) is 21.7 Å². The first-order valence-corrected chi connectivity index (χ1v) is 14.7. The van der Waals surface area contributed by atoms with Gasteiger partial charge in [-0.25, -0.2) is 16.8 Å². The summed E-state index contributed by atoms with van der Waals surface area (Å²) in [7, 11) is -7.20. The summed E-state index contributed by atoms with van der Waals surface area (Å²) in [5, 5.41) is 2.39. The Bertz CT molecular complexity index is 1110. The second kappa shape index (κ2) is 9.63.